The normalized spacial score (nSPS) is 15.3. The largest absolute Gasteiger partial charge is 0.365 e. The molecule has 3 heterocycles. The molecule has 1 N–H and O–H groups in total. The Morgan fingerprint density at radius 3 is 2.56 bits per heavy atom. The smallest absolute Gasteiger partial charge is 0.228 e. The first-order valence-electron chi connectivity index (χ1n) is 9.15. The van der Waals surface area contributed by atoms with Crippen molar-refractivity contribution in [3.8, 4) is 0 Å². The second-order valence-corrected chi connectivity index (χ2v) is 7.41. The lowest BCUT2D eigenvalue weighted by atomic mass is 10.1. The van der Waals surface area contributed by atoms with E-state index in [9.17, 15) is 0 Å². The highest BCUT2D eigenvalue weighted by atomic mass is 35.5. The molecule has 1 aromatic carbocycles. The van der Waals surface area contributed by atoms with Crippen LogP contribution in [-0.4, -0.2) is 53.1 Å². The van der Waals surface area contributed by atoms with E-state index in [-0.39, 0.29) is 0 Å². The van der Waals surface area contributed by atoms with Crippen LogP contribution in [0.5, 0.6) is 0 Å². The molecule has 0 atom stereocenters. The summed E-state index contributed by atoms with van der Waals surface area (Å²) in [6, 6.07) is 10.3. The third-order valence-corrected chi connectivity index (χ3v) is 5.11. The minimum absolute atomic E-state index is 0.442. The molecule has 4 rings (SSSR count). The van der Waals surface area contributed by atoms with E-state index in [0.717, 1.165) is 48.8 Å². The number of fused-ring (bicyclic) bond motifs is 1. The van der Waals surface area contributed by atoms with Gasteiger partial charge in [0.2, 0.25) is 5.95 Å². The van der Waals surface area contributed by atoms with E-state index >= 15 is 0 Å². The van der Waals surface area contributed by atoms with E-state index in [1.165, 1.54) is 11.1 Å². The van der Waals surface area contributed by atoms with Crippen molar-refractivity contribution in [1.29, 1.82) is 0 Å². The van der Waals surface area contributed by atoms with Gasteiger partial charge in [0.05, 0.1) is 11.7 Å². The average molecular weight is 383 g/mol. The summed E-state index contributed by atoms with van der Waals surface area (Å²) in [5, 5.41) is 4.79. The number of anilines is 2. The molecule has 2 aromatic heterocycles. The zero-order chi connectivity index (χ0) is 18.8. The SMILES string of the molecule is Cc1ccc(CNc2nc(N3CCN(C)CC3)nc3cnc(Cl)cc23)cc1. The molecule has 1 saturated heterocycles. The highest BCUT2D eigenvalue weighted by Gasteiger charge is 2.18. The van der Waals surface area contributed by atoms with E-state index in [4.69, 9.17) is 21.6 Å². The van der Waals surface area contributed by atoms with E-state index < -0.39 is 0 Å². The summed E-state index contributed by atoms with van der Waals surface area (Å²) in [6.07, 6.45) is 1.72. The second kappa shape index (κ2) is 7.66. The minimum Gasteiger partial charge on any atom is -0.365 e. The number of benzene rings is 1. The molecule has 1 fully saturated rings. The molecule has 140 valence electrons. The van der Waals surface area contributed by atoms with Crippen LogP contribution in [0.15, 0.2) is 36.5 Å². The van der Waals surface area contributed by atoms with Gasteiger partial charge in [-0.3, -0.25) is 0 Å². The summed E-state index contributed by atoms with van der Waals surface area (Å²) in [5.41, 5.74) is 3.25. The van der Waals surface area contributed by atoms with Gasteiger partial charge in [-0.15, -0.1) is 0 Å². The predicted octanol–water partition coefficient (Wildman–Crippen LogP) is 3.35. The highest BCUT2D eigenvalue weighted by Crippen LogP contribution is 2.26. The van der Waals surface area contributed by atoms with Crippen LogP contribution in [0.4, 0.5) is 11.8 Å². The lowest BCUT2D eigenvalue weighted by Gasteiger charge is -2.32. The summed E-state index contributed by atoms with van der Waals surface area (Å²) in [6.45, 7) is 6.63. The molecule has 0 aliphatic carbocycles. The molecular weight excluding hydrogens is 360 g/mol. The monoisotopic (exact) mass is 382 g/mol. The quantitative estimate of drug-likeness (QED) is 0.698. The van der Waals surface area contributed by atoms with Crippen LogP contribution < -0.4 is 10.2 Å². The Morgan fingerprint density at radius 1 is 1.07 bits per heavy atom. The second-order valence-electron chi connectivity index (χ2n) is 7.03. The van der Waals surface area contributed by atoms with Crippen LogP contribution in [0.1, 0.15) is 11.1 Å². The lowest BCUT2D eigenvalue weighted by Crippen LogP contribution is -2.45. The van der Waals surface area contributed by atoms with Crippen molar-refractivity contribution in [2.24, 2.45) is 0 Å². The van der Waals surface area contributed by atoms with E-state index in [1.54, 1.807) is 6.20 Å². The minimum atomic E-state index is 0.442. The number of aromatic nitrogens is 3. The van der Waals surface area contributed by atoms with Gasteiger partial charge in [0.15, 0.2) is 0 Å². The molecule has 27 heavy (non-hydrogen) atoms. The summed E-state index contributed by atoms with van der Waals surface area (Å²) in [5.74, 6) is 1.53. The van der Waals surface area contributed by atoms with Crippen LogP contribution in [0.25, 0.3) is 10.9 Å². The van der Waals surface area contributed by atoms with Crippen molar-refractivity contribution in [1.82, 2.24) is 19.9 Å². The first kappa shape index (κ1) is 17.9. The first-order valence-corrected chi connectivity index (χ1v) is 9.52. The Balaban J connectivity index is 1.65. The number of rotatable bonds is 4. The van der Waals surface area contributed by atoms with Crippen LogP contribution in [0, 0.1) is 6.92 Å². The predicted molar refractivity (Wildman–Crippen MR) is 111 cm³/mol. The number of piperazine rings is 1. The Kier molecular flexibility index (Phi) is 5.09. The standard InChI is InChI=1S/C20H23ClN6/c1-14-3-5-15(6-4-14)12-23-19-16-11-18(21)22-13-17(16)24-20(25-19)27-9-7-26(2)8-10-27/h3-6,11,13H,7-10,12H2,1-2H3,(H,23,24,25). The number of likely N-dealkylation sites (N-methyl/N-ethyl adjacent to an activating group) is 1. The molecular formula is C20H23ClN6. The van der Waals surface area contributed by atoms with Crippen molar-refractivity contribution in [3.05, 3.63) is 52.8 Å². The van der Waals surface area contributed by atoms with E-state index in [2.05, 4.69) is 58.3 Å². The molecule has 7 heteroatoms. The Bertz CT molecular complexity index is 935. The van der Waals surface area contributed by atoms with Gasteiger partial charge in [0.1, 0.15) is 11.0 Å². The number of halogens is 1. The van der Waals surface area contributed by atoms with Gasteiger partial charge < -0.3 is 15.1 Å². The van der Waals surface area contributed by atoms with Gasteiger partial charge >= 0.3 is 0 Å². The van der Waals surface area contributed by atoms with Gasteiger partial charge in [0, 0.05) is 38.1 Å². The molecule has 0 radical (unpaired) electrons. The molecule has 0 saturated carbocycles. The first-order chi connectivity index (χ1) is 13.1. The van der Waals surface area contributed by atoms with E-state index in [1.807, 2.05) is 6.07 Å². The maximum Gasteiger partial charge on any atom is 0.228 e. The van der Waals surface area contributed by atoms with Gasteiger partial charge in [-0.2, -0.15) is 4.98 Å². The lowest BCUT2D eigenvalue weighted by molar-refractivity contribution is 0.311. The average Bonchev–Trinajstić information content (AvgIpc) is 2.68. The van der Waals surface area contributed by atoms with Crippen LogP contribution in [0.2, 0.25) is 5.15 Å². The number of nitrogens with one attached hydrogen (secondary N) is 1. The molecule has 1 aliphatic heterocycles. The maximum atomic E-state index is 6.12. The summed E-state index contributed by atoms with van der Waals surface area (Å²) in [7, 11) is 2.14. The Hall–Kier alpha value is -2.44. The van der Waals surface area contributed by atoms with Gasteiger partial charge in [-0.05, 0) is 25.6 Å². The highest BCUT2D eigenvalue weighted by molar-refractivity contribution is 6.30. The molecule has 0 bridgehead atoms. The fourth-order valence-electron chi connectivity index (χ4n) is 3.17. The number of aryl methyl sites for hydroxylation is 1. The van der Waals surface area contributed by atoms with Crippen molar-refractivity contribution >= 4 is 34.3 Å². The number of pyridine rings is 1. The fraction of sp³-hybridized carbons (Fsp3) is 0.350. The molecule has 1 aliphatic rings. The zero-order valence-electron chi connectivity index (χ0n) is 15.6. The van der Waals surface area contributed by atoms with Crippen molar-refractivity contribution < 1.29 is 0 Å². The van der Waals surface area contributed by atoms with Crippen LogP contribution >= 0.6 is 11.6 Å². The molecule has 6 nitrogen and oxygen atoms in total. The molecule has 0 unspecified atom stereocenters. The van der Waals surface area contributed by atoms with Gasteiger partial charge in [0.25, 0.3) is 0 Å². The van der Waals surface area contributed by atoms with Gasteiger partial charge in [-0.25, -0.2) is 9.97 Å². The third kappa shape index (κ3) is 4.12. The number of nitrogens with zero attached hydrogens (tertiary/aromatic N) is 5. The summed E-state index contributed by atoms with van der Waals surface area (Å²) < 4.78 is 0. The van der Waals surface area contributed by atoms with Crippen molar-refractivity contribution in [2.75, 3.05) is 43.4 Å². The van der Waals surface area contributed by atoms with E-state index in [0.29, 0.717) is 11.7 Å². The molecule has 3 aromatic rings. The summed E-state index contributed by atoms with van der Waals surface area (Å²) >= 11 is 6.12. The topological polar surface area (TPSA) is 57.2 Å². The van der Waals surface area contributed by atoms with Gasteiger partial charge in [-0.1, -0.05) is 41.4 Å². The maximum absolute atomic E-state index is 6.12. The summed E-state index contributed by atoms with van der Waals surface area (Å²) in [4.78, 5) is 18.3. The Morgan fingerprint density at radius 2 is 1.81 bits per heavy atom. The zero-order valence-corrected chi connectivity index (χ0v) is 16.4. The number of hydrogen-bond acceptors (Lipinski definition) is 6. The molecule has 0 spiro atoms. The Labute approximate surface area is 164 Å². The van der Waals surface area contributed by atoms with Crippen molar-refractivity contribution in [2.45, 2.75) is 13.5 Å². The third-order valence-electron chi connectivity index (χ3n) is 4.90. The van der Waals surface area contributed by atoms with Crippen LogP contribution in [0.3, 0.4) is 0 Å². The molecule has 0 amide bonds. The van der Waals surface area contributed by atoms with Crippen LogP contribution in [-0.2, 0) is 6.54 Å². The fourth-order valence-corrected chi connectivity index (χ4v) is 3.33. The number of hydrogen-bond donors (Lipinski definition) is 1. The van der Waals surface area contributed by atoms with Crippen molar-refractivity contribution in [3.63, 3.8) is 0 Å².